The summed E-state index contributed by atoms with van der Waals surface area (Å²) in [6.45, 7) is 4.90. The van der Waals surface area contributed by atoms with Crippen LogP contribution in [-0.2, 0) is 0 Å². The largest absolute Gasteiger partial charge is 0.494 e. The van der Waals surface area contributed by atoms with Gasteiger partial charge in [0.25, 0.3) is 0 Å². The zero-order valence-corrected chi connectivity index (χ0v) is 10.6. The minimum absolute atomic E-state index is 0.662. The number of halogens is 1. The van der Waals surface area contributed by atoms with E-state index < -0.39 is 0 Å². The van der Waals surface area contributed by atoms with Gasteiger partial charge in [0.2, 0.25) is 0 Å². The van der Waals surface area contributed by atoms with E-state index in [9.17, 15) is 0 Å². The van der Waals surface area contributed by atoms with Crippen molar-refractivity contribution in [1.82, 2.24) is 0 Å². The fraction of sp³-hybridized carbons (Fsp3) is 0.429. The molecule has 0 unspecified atom stereocenters. The van der Waals surface area contributed by atoms with Crippen molar-refractivity contribution in [2.45, 2.75) is 33.1 Å². The van der Waals surface area contributed by atoms with Gasteiger partial charge >= 0.3 is 0 Å². The molecule has 1 rings (SSSR count). The maximum absolute atomic E-state index is 6.10. The Hall–Kier alpha value is -1.13. The van der Waals surface area contributed by atoms with E-state index in [1.54, 1.807) is 0 Å². The summed E-state index contributed by atoms with van der Waals surface area (Å²) in [5, 5.41) is 0.662. The van der Waals surface area contributed by atoms with Crippen molar-refractivity contribution in [3.63, 3.8) is 0 Å². The van der Waals surface area contributed by atoms with Crippen LogP contribution < -0.4 is 4.74 Å². The van der Waals surface area contributed by atoms with Gasteiger partial charge in [-0.1, -0.05) is 43.7 Å². The van der Waals surface area contributed by atoms with Crippen molar-refractivity contribution in [2.75, 3.05) is 6.61 Å². The first-order valence-electron chi connectivity index (χ1n) is 5.69. The molecule has 16 heavy (non-hydrogen) atoms. The zero-order valence-electron chi connectivity index (χ0n) is 9.85. The van der Waals surface area contributed by atoms with Crippen LogP contribution in [-0.4, -0.2) is 6.61 Å². The van der Waals surface area contributed by atoms with Crippen molar-refractivity contribution in [2.24, 2.45) is 0 Å². The minimum atomic E-state index is 0.662. The van der Waals surface area contributed by atoms with Crippen LogP contribution in [0.1, 0.15) is 38.7 Å². The molecule has 1 aromatic carbocycles. The number of hydrogen-bond acceptors (Lipinski definition) is 1. The molecule has 0 aliphatic carbocycles. The Labute approximate surface area is 103 Å². The fourth-order valence-electron chi connectivity index (χ4n) is 1.20. The molecule has 0 spiro atoms. The Morgan fingerprint density at radius 1 is 1.31 bits per heavy atom. The van der Waals surface area contributed by atoms with Gasteiger partial charge in [-0.3, -0.25) is 0 Å². The lowest BCUT2D eigenvalue weighted by molar-refractivity contribution is 0.309. The van der Waals surface area contributed by atoms with Crippen LogP contribution in [0.15, 0.2) is 18.2 Å². The lowest BCUT2D eigenvalue weighted by atomic mass is 10.2. The Balaban J connectivity index is 2.67. The average molecular weight is 237 g/mol. The Morgan fingerprint density at radius 2 is 2.12 bits per heavy atom. The van der Waals surface area contributed by atoms with E-state index in [1.165, 1.54) is 0 Å². The Bertz CT molecular complexity index is 387. The third kappa shape index (κ3) is 4.16. The molecular formula is C14H17ClO. The summed E-state index contributed by atoms with van der Waals surface area (Å²) >= 11 is 6.10. The number of ether oxygens (including phenoxy) is 1. The van der Waals surface area contributed by atoms with Crippen LogP contribution >= 0.6 is 11.6 Å². The molecule has 0 aromatic heterocycles. The number of rotatable bonds is 4. The lowest BCUT2D eigenvalue weighted by Crippen LogP contribution is -1.96. The van der Waals surface area contributed by atoms with E-state index in [4.69, 9.17) is 16.3 Å². The summed E-state index contributed by atoms with van der Waals surface area (Å²) < 4.78 is 5.55. The standard InChI is InChI=1S/C14H17ClO/c1-3-5-7-12-8-9-13(11-14(12)15)16-10-6-4-2/h8-9,11H,3-4,6,10H2,1-2H3. The van der Waals surface area contributed by atoms with Gasteiger partial charge in [0.15, 0.2) is 0 Å². The molecule has 2 heteroatoms. The molecule has 1 aromatic rings. The van der Waals surface area contributed by atoms with Gasteiger partial charge < -0.3 is 4.74 Å². The van der Waals surface area contributed by atoms with E-state index in [0.29, 0.717) is 5.02 Å². The van der Waals surface area contributed by atoms with Crippen LogP contribution in [0.3, 0.4) is 0 Å². The van der Waals surface area contributed by atoms with Crippen LogP contribution in [0.4, 0.5) is 0 Å². The van der Waals surface area contributed by atoms with Gasteiger partial charge in [-0.2, -0.15) is 0 Å². The highest BCUT2D eigenvalue weighted by molar-refractivity contribution is 6.31. The van der Waals surface area contributed by atoms with Crippen molar-refractivity contribution >= 4 is 11.6 Å². The maximum Gasteiger partial charge on any atom is 0.120 e. The minimum Gasteiger partial charge on any atom is -0.494 e. The van der Waals surface area contributed by atoms with E-state index in [1.807, 2.05) is 25.1 Å². The molecule has 0 fully saturated rings. The third-order valence-electron chi connectivity index (χ3n) is 2.11. The first-order chi connectivity index (χ1) is 7.77. The van der Waals surface area contributed by atoms with Gasteiger partial charge in [-0.05, 0) is 18.6 Å². The molecule has 0 amide bonds. The van der Waals surface area contributed by atoms with E-state index in [-0.39, 0.29) is 0 Å². The summed E-state index contributed by atoms with van der Waals surface area (Å²) in [4.78, 5) is 0. The molecule has 0 radical (unpaired) electrons. The van der Waals surface area contributed by atoms with Crippen molar-refractivity contribution in [1.29, 1.82) is 0 Å². The molecular weight excluding hydrogens is 220 g/mol. The molecule has 0 saturated carbocycles. The highest BCUT2D eigenvalue weighted by atomic mass is 35.5. The number of hydrogen-bond donors (Lipinski definition) is 0. The fourth-order valence-corrected chi connectivity index (χ4v) is 1.42. The summed E-state index contributed by atoms with van der Waals surface area (Å²) in [5.41, 5.74) is 0.867. The predicted molar refractivity (Wildman–Crippen MR) is 69.0 cm³/mol. The van der Waals surface area contributed by atoms with Crippen LogP contribution in [0, 0.1) is 11.8 Å². The summed E-state index contributed by atoms with van der Waals surface area (Å²) in [7, 11) is 0. The number of unbranched alkanes of at least 4 members (excludes halogenated alkanes) is 1. The van der Waals surface area contributed by atoms with Gasteiger partial charge in [-0.25, -0.2) is 0 Å². The SMILES string of the molecule is CCC#Cc1ccc(OCCCC)cc1Cl. The second kappa shape index (κ2) is 7.19. The lowest BCUT2D eigenvalue weighted by Gasteiger charge is -2.06. The quantitative estimate of drug-likeness (QED) is 0.560. The second-order valence-electron chi connectivity index (χ2n) is 3.50. The first kappa shape index (κ1) is 12.9. The average Bonchev–Trinajstić information content (AvgIpc) is 2.28. The highest BCUT2D eigenvalue weighted by Crippen LogP contribution is 2.22. The van der Waals surface area contributed by atoms with Gasteiger partial charge in [0, 0.05) is 18.1 Å². The first-order valence-corrected chi connectivity index (χ1v) is 6.07. The Morgan fingerprint density at radius 3 is 2.75 bits per heavy atom. The molecule has 0 aliphatic heterocycles. The topological polar surface area (TPSA) is 9.23 Å². The highest BCUT2D eigenvalue weighted by Gasteiger charge is 2.00. The Kier molecular flexibility index (Phi) is 5.82. The molecule has 0 aliphatic rings. The van der Waals surface area contributed by atoms with E-state index >= 15 is 0 Å². The van der Waals surface area contributed by atoms with Crippen molar-refractivity contribution in [3.05, 3.63) is 28.8 Å². The smallest absolute Gasteiger partial charge is 0.120 e. The second-order valence-corrected chi connectivity index (χ2v) is 3.91. The molecule has 0 bridgehead atoms. The van der Waals surface area contributed by atoms with Gasteiger partial charge in [0.05, 0.1) is 11.6 Å². The van der Waals surface area contributed by atoms with Gasteiger partial charge in [0.1, 0.15) is 5.75 Å². The molecule has 0 heterocycles. The number of benzene rings is 1. The summed E-state index contributed by atoms with van der Waals surface area (Å²) in [6.07, 6.45) is 3.04. The monoisotopic (exact) mass is 236 g/mol. The molecule has 1 nitrogen and oxygen atoms in total. The summed E-state index contributed by atoms with van der Waals surface area (Å²) in [5.74, 6) is 6.84. The maximum atomic E-state index is 6.10. The van der Waals surface area contributed by atoms with E-state index in [0.717, 1.165) is 37.2 Å². The third-order valence-corrected chi connectivity index (χ3v) is 2.42. The van der Waals surface area contributed by atoms with Crippen molar-refractivity contribution in [3.8, 4) is 17.6 Å². The molecule has 0 atom stereocenters. The van der Waals surface area contributed by atoms with E-state index in [2.05, 4.69) is 18.8 Å². The molecule has 0 N–H and O–H groups in total. The predicted octanol–water partition coefficient (Wildman–Crippen LogP) is 4.28. The van der Waals surface area contributed by atoms with Gasteiger partial charge in [-0.15, -0.1) is 0 Å². The normalized spacial score (nSPS) is 9.44. The molecule has 0 saturated heterocycles. The van der Waals surface area contributed by atoms with Crippen LogP contribution in [0.25, 0.3) is 0 Å². The molecule has 86 valence electrons. The van der Waals surface area contributed by atoms with Crippen LogP contribution in [0.5, 0.6) is 5.75 Å². The van der Waals surface area contributed by atoms with Crippen LogP contribution in [0.2, 0.25) is 5.02 Å². The van der Waals surface area contributed by atoms with Crippen molar-refractivity contribution < 1.29 is 4.74 Å². The summed E-state index contributed by atoms with van der Waals surface area (Å²) in [6, 6.07) is 5.66. The zero-order chi connectivity index (χ0) is 11.8.